The smallest absolute Gasteiger partial charge is 0.269 e. The first-order valence-corrected chi connectivity index (χ1v) is 6.08. The van der Waals surface area contributed by atoms with Crippen LogP contribution in [0.2, 0.25) is 0 Å². The van der Waals surface area contributed by atoms with E-state index in [4.69, 9.17) is 0 Å². The molecule has 2 N–H and O–H groups in total. The van der Waals surface area contributed by atoms with Gasteiger partial charge < -0.3 is 10.4 Å². The van der Waals surface area contributed by atoms with Crippen molar-refractivity contribution in [3.63, 3.8) is 0 Å². The fourth-order valence-electron chi connectivity index (χ4n) is 1.81. The number of rotatable bonds is 5. The molecular weight excluding hydrogens is 282 g/mol. The standard InChI is InChI=1S/C14H12F2N2O3/c15-10-5-11(16)7-12(6-10)17-8-14(19)9-1-3-13(4-2-9)18(20)21/h1-7,14,17,19H,8H2. The zero-order valence-corrected chi connectivity index (χ0v) is 10.8. The summed E-state index contributed by atoms with van der Waals surface area (Å²) >= 11 is 0. The third-order valence-corrected chi connectivity index (χ3v) is 2.85. The van der Waals surface area contributed by atoms with Gasteiger partial charge in [0.15, 0.2) is 0 Å². The number of hydrogen-bond acceptors (Lipinski definition) is 4. The molecule has 0 radical (unpaired) electrons. The maximum atomic E-state index is 13.0. The molecule has 0 spiro atoms. The molecular formula is C14H12F2N2O3. The number of anilines is 1. The lowest BCUT2D eigenvalue weighted by Gasteiger charge is -2.13. The molecule has 0 aliphatic heterocycles. The van der Waals surface area contributed by atoms with Crippen molar-refractivity contribution < 1.29 is 18.8 Å². The van der Waals surface area contributed by atoms with E-state index in [1.54, 1.807) is 0 Å². The zero-order valence-electron chi connectivity index (χ0n) is 10.8. The normalized spacial score (nSPS) is 12.0. The first-order chi connectivity index (χ1) is 9.95. The number of non-ortho nitro benzene ring substituents is 1. The van der Waals surface area contributed by atoms with Crippen LogP contribution in [0.25, 0.3) is 0 Å². The summed E-state index contributed by atoms with van der Waals surface area (Å²) in [5, 5.41) is 23.1. The first kappa shape index (κ1) is 14.9. The molecule has 2 rings (SSSR count). The van der Waals surface area contributed by atoms with Gasteiger partial charge in [0.1, 0.15) is 11.6 Å². The second-order valence-electron chi connectivity index (χ2n) is 4.40. The van der Waals surface area contributed by atoms with Crippen molar-refractivity contribution in [2.24, 2.45) is 0 Å². The lowest BCUT2D eigenvalue weighted by Crippen LogP contribution is -2.12. The van der Waals surface area contributed by atoms with E-state index in [0.29, 0.717) is 5.56 Å². The van der Waals surface area contributed by atoms with Gasteiger partial charge in [0.25, 0.3) is 5.69 Å². The van der Waals surface area contributed by atoms with Gasteiger partial charge >= 0.3 is 0 Å². The highest BCUT2D eigenvalue weighted by Gasteiger charge is 2.11. The van der Waals surface area contributed by atoms with Gasteiger partial charge in [-0.05, 0) is 29.8 Å². The van der Waals surface area contributed by atoms with Crippen LogP contribution in [0, 0.1) is 21.7 Å². The zero-order chi connectivity index (χ0) is 15.4. The molecule has 21 heavy (non-hydrogen) atoms. The Hall–Kier alpha value is -2.54. The van der Waals surface area contributed by atoms with E-state index >= 15 is 0 Å². The summed E-state index contributed by atoms with van der Waals surface area (Å²) in [6.07, 6.45) is -0.961. The highest BCUT2D eigenvalue weighted by molar-refractivity contribution is 5.44. The summed E-state index contributed by atoms with van der Waals surface area (Å²) in [5.74, 6) is -1.44. The van der Waals surface area contributed by atoms with Gasteiger partial charge in [0.2, 0.25) is 0 Å². The Morgan fingerprint density at radius 3 is 2.24 bits per heavy atom. The monoisotopic (exact) mass is 294 g/mol. The number of aliphatic hydroxyl groups excluding tert-OH is 1. The number of nitrogens with one attached hydrogen (secondary N) is 1. The summed E-state index contributed by atoms with van der Waals surface area (Å²) in [6, 6.07) is 8.36. The number of nitro groups is 1. The van der Waals surface area contributed by atoms with Crippen LogP contribution in [-0.2, 0) is 0 Å². The molecule has 0 amide bonds. The van der Waals surface area contributed by atoms with Crippen LogP contribution in [0.3, 0.4) is 0 Å². The van der Waals surface area contributed by atoms with E-state index in [1.807, 2.05) is 0 Å². The topological polar surface area (TPSA) is 75.4 Å². The van der Waals surface area contributed by atoms with Gasteiger partial charge in [0, 0.05) is 30.4 Å². The Morgan fingerprint density at radius 1 is 1.14 bits per heavy atom. The predicted octanol–water partition coefficient (Wildman–Crippen LogP) is 3.02. The van der Waals surface area contributed by atoms with E-state index in [1.165, 1.54) is 24.3 Å². The van der Waals surface area contributed by atoms with Crippen molar-refractivity contribution in [1.29, 1.82) is 0 Å². The molecule has 5 nitrogen and oxygen atoms in total. The highest BCUT2D eigenvalue weighted by atomic mass is 19.1. The number of aliphatic hydroxyl groups is 1. The number of nitro benzene ring substituents is 1. The number of benzene rings is 2. The van der Waals surface area contributed by atoms with Crippen molar-refractivity contribution in [2.45, 2.75) is 6.10 Å². The minimum atomic E-state index is -0.961. The largest absolute Gasteiger partial charge is 0.387 e. The van der Waals surface area contributed by atoms with Crippen LogP contribution in [0.5, 0.6) is 0 Å². The molecule has 0 saturated carbocycles. The Morgan fingerprint density at radius 2 is 1.71 bits per heavy atom. The van der Waals surface area contributed by atoms with E-state index in [9.17, 15) is 24.0 Å². The summed E-state index contributed by atoms with van der Waals surface area (Å²) in [4.78, 5) is 9.98. The Labute approximate surface area is 119 Å². The summed E-state index contributed by atoms with van der Waals surface area (Å²) in [7, 11) is 0. The first-order valence-electron chi connectivity index (χ1n) is 6.08. The maximum Gasteiger partial charge on any atom is 0.269 e. The Bertz CT molecular complexity index is 627. The van der Waals surface area contributed by atoms with Crippen molar-refractivity contribution in [1.82, 2.24) is 0 Å². The van der Waals surface area contributed by atoms with Crippen LogP contribution in [0.4, 0.5) is 20.2 Å². The van der Waals surface area contributed by atoms with Crippen molar-refractivity contribution in [3.8, 4) is 0 Å². The molecule has 110 valence electrons. The van der Waals surface area contributed by atoms with Crippen LogP contribution in [-0.4, -0.2) is 16.6 Å². The molecule has 1 atom stereocenters. The van der Waals surface area contributed by atoms with Gasteiger partial charge in [-0.15, -0.1) is 0 Å². The van der Waals surface area contributed by atoms with Crippen molar-refractivity contribution in [2.75, 3.05) is 11.9 Å². The summed E-state index contributed by atoms with van der Waals surface area (Å²) in [5.41, 5.74) is 0.588. The molecule has 2 aromatic rings. The molecule has 0 heterocycles. The fraction of sp³-hybridized carbons (Fsp3) is 0.143. The van der Waals surface area contributed by atoms with E-state index in [-0.39, 0.29) is 17.9 Å². The highest BCUT2D eigenvalue weighted by Crippen LogP contribution is 2.19. The number of nitrogens with zero attached hydrogens (tertiary/aromatic N) is 1. The van der Waals surface area contributed by atoms with Crippen LogP contribution < -0.4 is 5.32 Å². The van der Waals surface area contributed by atoms with E-state index < -0.39 is 22.7 Å². The second-order valence-corrected chi connectivity index (χ2v) is 4.40. The lowest BCUT2D eigenvalue weighted by atomic mass is 10.1. The average Bonchev–Trinajstić information content (AvgIpc) is 2.44. The van der Waals surface area contributed by atoms with E-state index in [2.05, 4.69) is 5.32 Å². The predicted molar refractivity (Wildman–Crippen MR) is 72.9 cm³/mol. The molecule has 0 aliphatic rings. The van der Waals surface area contributed by atoms with Gasteiger partial charge in [0.05, 0.1) is 11.0 Å². The molecule has 0 aliphatic carbocycles. The Kier molecular flexibility index (Phi) is 4.44. The van der Waals surface area contributed by atoms with E-state index in [0.717, 1.165) is 18.2 Å². The minimum absolute atomic E-state index is 0.0146. The SMILES string of the molecule is O=[N+]([O-])c1ccc(C(O)CNc2cc(F)cc(F)c2)cc1. The number of halogens is 2. The van der Waals surface area contributed by atoms with Gasteiger partial charge in [-0.2, -0.15) is 0 Å². The molecule has 0 bridgehead atoms. The third kappa shape index (κ3) is 3.96. The molecule has 2 aromatic carbocycles. The van der Waals surface area contributed by atoms with Gasteiger partial charge in [-0.25, -0.2) is 8.78 Å². The van der Waals surface area contributed by atoms with Crippen molar-refractivity contribution in [3.05, 3.63) is 69.8 Å². The Balaban J connectivity index is 2.00. The molecule has 7 heteroatoms. The lowest BCUT2D eigenvalue weighted by molar-refractivity contribution is -0.384. The molecule has 0 fully saturated rings. The maximum absolute atomic E-state index is 13.0. The van der Waals surface area contributed by atoms with Crippen LogP contribution >= 0.6 is 0 Å². The molecule has 0 aromatic heterocycles. The third-order valence-electron chi connectivity index (χ3n) is 2.85. The minimum Gasteiger partial charge on any atom is -0.387 e. The quantitative estimate of drug-likeness (QED) is 0.656. The van der Waals surface area contributed by atoms with Crippen molar-refractivity contribution >= 4 is 11.4 Å². The van der Waals surface area contributed by atoms with Gasteiger partial charge in [-0.3, -0.25) is 10.1 Å². The van der Waals surface area contributed by atoms with Gasteiger partial charge in [-0.1, -0.05) is 0 Å². The fourth-order valence-corrected chi connectivity index (χ4v) is 1.81. The summed E-state index contributed by atoms with van der Waals surface area (Å²) in [6.45, 7) is 0.0146. The molecule has 1 unspecified atom stereocenters. The van der Waals surface area contributed by atoms with Crippen LogP contribution in [0.1, 0.15) is 11.7 Å². The summed E-state index contributed by atoms with van der Waals surface area (Å²) < 4.78 is 26.0. The second kappa shape index (κ2) is 6.27. The number of hydrogen-bond donors (Lipinski definition) is 2. The molecule has 0 saturated heterocycles. The van der Waals surface area contributed by atoms with Crippen LogP contribution in [0.15, 0.2) is 42.5 Å². The average molecular weight is 294 g/mol.